The number of hydrogen-bond acceptors (Lipinski definition) is 4. The number of ether oxygens (including phenoxy) is 1. The van der Waals surface area contributed by atoms with Crippen LogP contribution in [0.3, 0.4) is 0 Å². The van der Waals surface area contributed by atoms with Gasteiger partial charge in [-0.25, -0.2) is 4.79 Å². The molecular weight excluding hydrogens is 458 g/mol. The van der Waals surface area contributed by atoms with Crippen LogP contribution in [0.25, 0.3) is 0 Å². The number of thiophene rings is 1. The molecule has 3 amide bonds. The van der Waals surface area contributed by atoms with E-state index in [1.807, 2.05) is 43.3 Å². The first kappa shape index (κ1) is 24.8. The van der Waals surface area contributed by atoms with Gasteiger partial charge in [-0.05, 0) is 42.8 Å². The summed E-state index contributed by atoms with van der Waals surface area (Å²) < 4.78 is 5.16. The van der Waals surface area contributed by atoms with Gasteiger partial charge in [-0.2, -0.15) is 0 Å². The van der Waals surface area contributed by atoms with Gasteiger partial charge >= 0.3 is 6.03 Å². The van der Waals surface area contributed by atoms with Gasteiger partial charge in [-0.3, -0.25) is 4.79 Å². The van der Waals surface area contributed by atoms with Gasteiger partial charge in [0, 0.05) is 40.7 Å². The number of halogens is 1. The Labute approximate surface area is 203 Å². The number of carbonyl (C=O) groups excluding carboxylic acids is 2. The van der Waals surface area contributed by atoms with Gasteiger partial charge in [0.2, 0.25) is 5.91 Å². The van der Waals surface area contributed by atoms with Crippen molar-refractivity contribution in [3.63, 3.8) is 0 Å². The van der Waals surface area contributed by atoms with Crippen LogP contribution in [0.1, 0.15) is 15.3 Å². The van der Waals surface area contributed by atoms with Gasteiger partial charge in [0.25, 0.3) is 0 Å². The Morgan fingerprint density at radius 3 is 2.45 bits per heavy atom. The molecule has 33 heavy (non-hydrogen) atoms. The van der Waals surface area contributed by atoms with Crippen LogP contribution in [0.4, 0.5) is 10.5 Å². The number of nitrogens with one attached hydrogen (secondary N) is 1. The smallest absolute Gasteiger partial charge is 0.322 e. The minimum Gasteiger partial charge on any atom is -0.383 e. The van der Waals surface area contributed by atoms with E-state index in [1.165, 1.54) is 9.78 Å². The highest BCUT2D eigenvalue weighted by molar-refractivity contribution is 7.11. The van der Waals surface area contributed by atoms with Gasteiger partial charge in [0.15, 0.2) is 0 Å². The molecule has 0 spiro atoms. The summed E-state index contributed by atoms with van der Waals surface area (Å²) in [5, 5.41) is 3.34. The summed E-state index contributed by atoms with van der Waals surface area (Å²) in [6, 6.07) is 20.5. The van der Waals surface area contributed by atoms with Crippen LogP contribution < -0.4 is 5.32 Å². The molecular formula is C25H28ClN3O3S. The Bertz CT molecular complexity index is 1060. The minimum absolute atomic E-state index is 0.0625. The number of anilines is 1. The molecule has 0 atom stereocenters. The molecule has 3 aromatic rings. The van der Waals surface area contributed by atoms with Gasteiger partial charge in [0.1, 0.15) is 6.54 Å². The standard InChI is InChI=1S/C25H28ClN3O3S/c1-19-11-12-23(33-19)17-29(16-20-7-4-3-5-8-20)24(30)18-28(13-14-32-2)25(31)27-22-10-6-9-21(26)15-22/h3-12,15H,13-14,16-18H2,1-2H3,(H,27,31). The van der Waals surface area contributed by atoms with Crippen molar-refractivity contribution >= 4 is 40.6 Å². The molecule has 174 valence electrons. The van der Waals surface area contributed by atoms with E-state index in [1.54, 1.807) is 47.6 Å². The summed E-state index contributed by atoms with van der Waals surface area (Å²) in [5.74, 6) is -0.137. The second-order valence-electron chi connectivity index (χ2n) is 7.60. The number of urea groups is 1. The normalized spacial score (nSPS) is 10.6. The minimum atomic E-state index is -0.380. The van der Waals surface area contributed by atoms with E-state index in [2.05, 4.69) is 11.4 Å². The Hall–Kier alpha value is -2.87. The molecule has 0 saturated carbocycles. The average Bonchev–Trinajstić information content (AvgIpc) is 3.21. The van der Waals surface area contributed by atoms with Crippen molar-refractivity contribution in [2.75, 3.05) is 32.1 Å². The highest BCUT2D eigenvalue weighted by atomic mass is 35.5. The van der Waals surface area contributed by atoms with Gasteiger partial charge in [-0.1, -0.05) is 48.0 Å². The summed E-state index contributed by atoms with van der Waals surface area (Å²) in [4.78, 5) is 31.9. The van der Waals surface area contributed by atoms with Gasteiger partial charge in [-0.15, -0.1) is 11.3 Å². The summed E-state index contributed by atoms with van der Waals surface area (Å²) in [7, 11) is 1.57. The van der Waals surface area contributed by atoms with Crippen molar-refractivity contribution in [3.8, 4) is 0 Å². The number of benzene rings is 2. The monoisotopic (exact) mass is 485 g/mol. The Morgan fingerprint density at radius 2 is 1.79 bits per heavy atom. The molecule has 1 heterocycles. The number of hydrogen-bond donors (Lipinski definition) is 1. The first-order valence-electron chi connectivity index (χ1n) is 10.6. The van der Waals surface area contributed by atoms with Crippen LogP contribution in [0.15, 0.2) is 66.7 Å². The van der Waals surface area contributed by atoms with Crippen LogP contribution in [0.5, 0.6) is 0 Å². The van der Waals surface area contributed by atoms with Crippen LogP contribution in [0, 0.1) is 6.92 Å². The summed E-state index contributed by atoms with van der Waals surface area (Å²) >= 11 is 7.70. The number of methoxy groups -OCH3 is 1. The average molecular weight is 486 g/mol. The molecule has 8 heteroatoms. The van der Waals surface area contributed by atoms with Crippen LogP contribution in [-0.4, -0.2) is 48.5 Å². The van der Waals surface area contributed by atoms with Crippen LogP contribution >= 0.6 is 22.9 Å². The molecule has 0 radical (unpaired) electrons. The third kappa shape index (κ3) is 7.89. The van der Waals surface area contributed by atoms with E-state index in [0.717, 1.165) is 10.4 Å². The molecule has 0 unspecified atom stereocenters. The van der Waals surface area contributed by atoms with E-state index in [9.17, 15) is 9.59 Å². The molecule has 0 aliphatic heterocycles. The number of amides is 3. The molecule has 6 nitrogen and oxygen atoms in total. The van der Waals surface area contributed by atoms with E-state index in [-0.39, 0.29) is 25.0 Å². The molecule has 0 aliphatic carbocycles. The number of carbonyl (C=O) groups is 2. The van der Waals surface area contributed by atoms with Crippen molar-refractivity contribution in [2.24, 2.45) is 0 Å². The maximum Gasteiger partial charge on any atom is 0.322 e. The predicted octanol–water partition coefficient (Wildman–Crippen LogP) is 5.42. The molecule has 1 aromatic heterocycles. The maximum absolute atomic E-state index is 13.4. The summed E-state index contributed by atoms with van der Waals surface area (Å²) in [5.41, 5.74) is 1.60. The lowest BCUT2D eigenvalue weighted by Gasteiger charge is -2.27. The largest absolute Gasteiger partial charge is 0.383 e. The van der Waals surface area contributed by atoms with E-state index in [0.29, 0.717) is 30.4 Å². The molecule has 1 N–H and O–H groups in total. The number of aryl methyl sites for hydroxylation is 1. The fourth-order valence-corrected chi connectivity index (χ4v) is 4.38. The van der Waals surface area contributed by atoms with E-state index < -0.39 is 0 Å². The molecule has 3 rings (SSSR count). The molecule has 2 aromatic carbocycles. The SMILES string of the molecule is COCCN(CC(=O)N(Cc1ccccc1)Cc1ccc(C)s1)C(=O)Nc1cccc(Cl)c1. The van der Waals surface area contributed by atoms with Gasteiger partial charge in [0.05, 0.1) is 13.2 Å². The first-order valence-corrected chi connectivity index (χ1v) is 11.8. The highest BCUT2D eigenvalue weighted by Crippen LogP contribution is 2.19. The number of rotatable bonds is 10. The quantitative estimate of drug-likeness (QED) is 0.417. The second-order valence-corrected chi connectivity index (χ2v) is 9.41. The van der Waals surface area contributed by atoms with Crippen LogP contribution in [-0.2, 0) is 22.6 Å². The second kappa shape index (κ2) is 12.4. The lowest BCUT2D eigenvalue weighted by molar-refractivity contribution is -0.133. The van der Waals surface area contributed by atoms with Crippen LogP contribution in [0.2, 0.25) is 5.02 Å². The zero-order valence-corrected chi connectivity index (χ0v) is 20.4. The van der Waals surface area contributed by atoms with Gasteiger partial charge < -0.3 is 19.9 Å². The highest BCUT2D eigenvalue weighted by Gasteiger charge is 2.22. The molecule has 0 aliphatic rings. The van der Waals surface area contributed by atoms with Crippen molar-refractivity contribution in [3.05, 3.63) is 87.1 Å². The van der Waals surface area contributed by atoms with Crippen molar-refractivity contribution in [1.29, 1.82) is 0 Å². The Balaban J connectivity index is 1.75. The Kier molecular flexibility index (Phi) is 9.30. The van der Waals surface area contributed by atoms with E-state index in [4.69, 9.17) is 16.3 Å². The lowest BCUT2D eigenvalue weighted by atomic mass is 10.2. The summed E-state index contributed by atoms with van der Waals surface area (Å²) in [6.07, 6.45) is 0. The van der Waals surface area contributed by atoms with E-state index >= 15 is 0 Å². The molecule has 0 saturated heterocycles. The summed E-state index contributed by atoms with van der Waals surface area (Å²) in [6.45, 7) is 3.53. The molecule has 0 bridgehead atoms. The topological polar surface area (TPSA) is 61.9 Å². The number of nitrogens with zero attached hydrogens (tertiary/aromatic N) is 2. The lowest BCUT2D eigenvalue weighted by Crippen LogP contribution is -2.45. The first-order chi connectivity index (χ1) is 15.9. The third-order valence-electron chi connectivity index (χ3n) is 4.97. The maximum atomic E-state index is 13.4. The molecule has 0 fully saturated rings. The van der Waals surface area contributed by atoms with Crippen molar-refractivity contribution < 1.29 is 14.3 Å². The fraction of sp³-hybridized carbons (Fsp3) is 0.280. The third-order valence-corrected chi connectivity index (χ3v) is 6.19. The predicted molar refractivity (Wildman–Crippen MR) is 134 cm³/mol. The zero-order chi connectivity index (χ0) is 23.6. The van der Waals surface area contributed by atoms with Crippen molar-refractivity contribution in [1.82, 2.24) is 9.80 Å². The zero-order valence-electron chi connectivity index (χ0n) is 18.8. The fourth-order valence-electron chi connectivity index (χ4n) is 3.28. The Morgan fingerprint density at radius 1 is 1.00 bits per heavy atom. The van der Waals surface area contributed by atoms with Crippen molar-refractivity contribution in [2.45, 2.75) is 20.0 Å².